The van der Waals surface area contributed by atoms with Gasteiger partial charge in [-0.25, -0.2) is 9.59 Å². The van der Waals surface area contributed by atoms with Crippen molar-refractivity contribution in [2.45, 2.75) is 12.2 Å². The number of amides is 1. The molecule has 2 aromatic rings. The number of esters is 2. The van der Waals surface area contributed by atoms with Gasteiger partial charge in [0, 0.05) is 0 Å². The standard InChI is InChI=1S/C18H17NO6S2/c1-11(27-18(23)14-4-3-9-26-14)16(21)19-10-15(20)25-13-7-5-12(6-8-13)17(22)24-2/h3-9,11H,10H2,1-2H3,(H,19,21). The zero-order chi connectivity index (χ0) is 19.8. The molecular formula is C18H17NO6S2. The smallest absolute Gasteiger partial charge is 0.337 e. The SMILES string of the molecule is COC(=O)c1ccc(OC(=O)CNC(=O)C(C)SC(=O)c2cccs2)cc1. The summed E-state index contributed by atoms with van der Waals surface area (Å²) in [5.41, 5.74) is 0.326. The molecule has 7 nitrogen and oxygen atoms in total. The van der Waals surface area contributed by atoms with Crippen molar-refractivity contribution >= 4 is 46.1 Å². The van der Waals surface area contributed by atoms with Crippen LogP contribution in [-0.4, -0.2) is 41.9 Å². The van der Waals surface area contributed by atoms with Crippen LogP contribution in [0.2, 0.25) is 0 Å². The van der Waals surface area contributed by atoms with Gasteiger partial charge in [-0.15, -0.1) is 11.3 Å². The number of hydrogen-bond acceptors (Lipinski definition) is 8. The lowest BCUT2D eigenvalue weighted by atomic mass is 10.2. The Kier molecular flexibility index (Phi) is 7.56. The first-order chi connectivity index (χ1) is 12.9. The van der Waals surface area contributed by atoms with E-state index in [-0.39, 0.29) is 17.4 Å². The molecule has 0 aliphatic heterocycles. The highest BCUT2D eigenvalue weighted by atomic mass is 32.2. The first kappa shape index (κ1) is 20.7. The van der Waals surface area contributed by atoms with Crippen LogP contribution < -0.4 is 10.1 Å². The summed E-state index contributed by atoms with van der Waals surface area (Å²) in [6.45, 7) is 1.25. The minimum absolute atomic E-state index is 0.194. The van der Waals surface area contributed by atoms with E-state index in [4.69, 9.17) is 4.74 Å². The third-order valence-electron chi connectivity index (χ3n) is 3.29. The number of carbonyl (C=O) groups excluding carboxylic acids is 4. The lowest BCUT2D eigenvalue weighted by Crippen LogP contribution is -2.36. The van der Waals surface area contributed by atoms with Crippen molar-refractivity contribution in [3.63, 3.8) is 0 Å². The molecule has 0 spiro atoms. The Bertz CT molecular complexity index is 817. The van der Waals surface area contributed by atoms with E-state index in [1.54, 1.807) is 24.4 Å². The van der Waals surface area contributed by atoms with Crippen LogP contribution in [0, 0.1) is 0 Å². The average Bonchev–Trinajstić information content (AvgIpc) is 3.21. The van der Waals surface area contributed by atoms with Gasteiger partial charge < -0.3 is 14.8 Å². The van der Waals surface area contributed by atoms with Gasteiger partial charge in [-0.05, 0) is 42.6 Å². The largest absolute Gasteiger partial charge is 0.465 e. The molecule has 1 aromatic carbocycles. The van der Waals surface area contributed by atoms with E-state index in [1.807, 2.05) is 0 Å². The van der Waals surface area contributed by atoms with Crippen molar-refractivity contribution in [3.05, 3.63) is 52.2 Å². The summed E-state index contributed by atoms with van der Waals surface area (Å²) in [5, 5.41) is 3.38. The first-order valence-electron chi connectivity index (χ1n) is 7.82. The summed E-state index contributed by atoms with van der Waals surface area (Å²) in [5.74, 6) is -1.38. The van der Waals surface area contributed by atoms with Crippen LogP contribution in [0.1, 0.15) is 27.0 Å². The molecule has 1 heterocycles. The van der Waals surface area contributed by atoms with Gasteiger partial charge in [0.15, 0.2) is 0 Å². The van der Waals surface area contributed by atoms with Crippen LogP contribution in [0.5, 0.6) is 5.75 Å². The first-order valence-corrected chi connectivity index (χ1v) is 9.58. The number of thiophene rings is 1. The van der Waals surface area contributed by atoms with Gasteiger partial charge >= 0.3 is 11.9 Å². The monoisotopic (exact) mass is 407 g/mol. The molecule has 1 unspecified atom stereocenters. The Morgan fingerprint density at radius 3 is 2.44 bits per heavy atom. The fourth-order valence-electron chi connectivity index (χ4n) is 1.91. The molecule has 0 fully saturated rings. The second-order valence-corrected chi connectivity index (χ2v) is 7.49. The minimum atomic E-state index is -0.670. The van der Waals surface area contributed by atoms with E-state index in [0.29, 0.717) is 10.4 Å². The van der Waals surface area contributed by atoms with E-state index < -0.39 is 23.1 Å². The number of methoxy groups -OCH3 is 1. The van der Waals surface area contributed by atoms with Gasteiger partial charge in [-0.2, -0.15) is 0 Å². The van der Waals surface area contributed by atoms with E-state index in [1.165, 1.54) is 42.7 Å². The Balaban J connectivity index is 1.78. The van der Waals surface area contributed by atoms with Crippen molar-refractivity contribution in [2.24, 2.45) is 0 Å². The Morgan fingerprint density at radius 2 is 1.85 bits per heavy atom. The second-order valence-electron chi connectivity index (χ2n) is 5.23. The molecule has 0 saturated heterocycles. The molecule has 1 amide bonds. The highest BCUT2D eigenvalue weighted by Gasteiger charge is 2.20. The van der Waals surface area contributed by atoms with E-state index in [0.717, 1.165) is 11.8 Å². The summed E-state index contributed by atoms with van der Waals surface area (Å²) >= 11 is 2.19. The van der Waals surface area contributed by atoms with E-state index in [2.05, 4.69) is 10.1 Å². The molecule has 9 heteroatoms. The maximum absolute atomic E-state index is 12.0. The van der Waals surface area contributed by atoms with Crippen LogP contribution in [-0.2, 0) is 14.3 Å². The summed E-state index contributed by atoms with van der Waals surface area (Å²) in [7, 11) is 1.27. The third kappa shape index (κ3) is 6.22. The number of rotatable bonds is 7. The number of ether oxygens (including phenoxy) is 2. The third-order valence-corrected chi connectivity index (χ3v) is 5.29. The van der Waals surface area contributed by atoms with E-state index in [9.17, 15) is 19.2 Å². The maximum atomic E-state index is 12.0. The summed E-state index contributed by atoms with van der Waals surface area (Å²) in [4.78, 5) is 47.7. The molecule has 0 aliphatic carbocycles. The minimum Gasteiger partial charge on any atom is -0.465 e. The normalized spacial score (nSPS) is 11.3. The molecule has 2 rings (SSSR count). The van der Waals surface area contributed by atoms with Crippen molar-refractivity contribution in [1.82, 2.24) is 5.32 Å². The number of hydrogen-bond donors (Lipinski definition) is 1. The van der Waals surface area contributed by atoms with Gasteiger partial charge in [0.1, 0.15) is 12.3 Å². The lowest BCUT2D eigenvalue weighted by Gasteiger charge is -2.10. The lowest BCUT2D eigenvalue weighted by molar-refractivity contribution is -0.135. The fourth-order valence-corrected chi connectivity index (χ4v) is 3.46. The molecule has 142 valence electrons. The maximum Gasteiger partial charge on any atom is 0.337 e. The molecular weight excluding hydrogens is 390 g/mol. The Morgan fingerprint density at radius 1 is 1.15 bits per heavy atom. The van der Waals surface area contributed by atoms with Gasteiger partial charge in [0.25, 0.3) is 0 Å². The van der Waals surface area contributed by atoms with Gasteiger partial charge in [-0.1, -0.05) is 17.8 Å². The van der Waals surface area contributed by atoms with E-state index >= 15 is 0 Å². The summed E-state index contributed by atoms with van der Waals surface area (Å²) in [6.07, 6.45) is 0. The van der Waals surface area contributed by atoms with Crippen LogP contribution in [0.3, 0.4) is 0 Å². The van der Waals surface area contributed by atoms with Crippen molar-refractivity contribution in [3.8, 4) is 5.75 Å². The molecule has 0 radical (unpaired) electrons. The zero-order valence-corrected chi connectivity index (χ0v) is 16.2. The molecule has 1 N–H and O–H groups in total. The summed E-state index contributed by atoms with van der Waals surface area (Å²) < 4.78 is 9.65. The zero-order valence-electron chi connectivity index (χ0n) is 14.6. The molecule has 27 heavy (non-hydrogen) atoms. The Labute approximate surface area is 164 Å². The van der Waals surface area contributed by atoms with Crippen molar-refractivity contribution < 1.29 is 28.7 Å². The van der Waals surface area contributed by atoms with Gasteiger partial charge in [0.05, 0.1) is 22.8 Å². The number of carbonyl (C=O) groups is 4. The summed E-state index contributed by atoms with van der Waals surface area (Å²) in [6, 6.07) is 9.27. The molecule has 1 atom stereocenters. The number of thioether (sulfide) groups is 1. The highest BCUT2D eigenvalue weighted by molar-refractivity contribution is 8.15. The molecule has 1 aromatic heterocycles. The quantitative estimate of drug-likeness (QED) is 0.556. The molecule has 0 bridgehead atoms. The number of nitrogens with one attached hydrogen (secondary N) is 1. The second kappa shape index (κ2) is 9.89. The topological polar surface area (TPSA) is 98.8 Å². The van der Waals surface area contributed by atoms with Crippen molar-refractivity contribution in [2.75, 3.05) is 13.7 Å². The number of benzene rings is 1. The average molecular weight is 407 g/mol. The Hall–Kier alpha value is -2.65. The molecule has 0 saturated carbocycles. The predicted octanol–water partition coefficient (Wildman–Crippen LogP) is 2.52. The van der Waals surface area contributed by atoms with Gasteiger partial charge in [0.2, 0.25) is 11.0 Å². The van der Waals surface area contributed by atoms with Crippen LogP contribution in [0.4, 0.5) is 0 Å². The van der Waals surface area contributed by atoms with Crippen LogP contribution in [0.15, 0.2) is 41.8 Å². The van der Waals surface area contributed by atoms with Gasteiger partial charge in [-0.3, -0.25) is 9.59 Å². The van der Waals surface area contributed by atoms with Crippen LogP contribution >= 0.6 is 23.1 Å². The fraction of sp³-hybridized carbons (Fsp3) is 0.222. The predicted molar refractivity (Wildman–Crippen MR) is 102 cm³/mol. The van der Waals surface area contributed by atoms with Crippen molar-refractivity contribution in [1.29, 1.82) is 0 Å². The highest BCUT2D eigenvalue weighted by Crippen LogP contribution is 2.21. The molecule has 0 aliphatic rings. The van der Waals surface area contributed by atoms with Crippen LogP contribution in [0.25, 0.3) is 0 Å².